The molecule has 0 fully saturated rings. The minimum absolute atomic E-state index is 0.348. The second-order valence-electron chi connectivity index (χ2n) is 3.94. The van der Waals surface area contributed by atoms with Gasteiger partial charge in [-0.05, 0) is 30.7 Å². The molecule has 0 saturated heterocycles. The maximum atomic E-state index is 10.9. The zero-order chi connectivity index (χ0) is 13.0. The summed E-state index contributed by atoms with van der Waals surface area (Å²) in [5.41, 5.74) is 2.05. The van der Waals surface area contributed by atoms with Gasteiger partial charge < -0.3 is 10.4 Å². The Bertz CT molecular complexity index is 538. The molecule has 4 nitrogen and oxygen atoms in total. The third-order valence-electron chi connectivity index (χ3n) is 2.61. The van der Waals surface area contributed by atoms with E-state index in [1.807, 2.05) is 11.4 Å². The van der Waals surface area contributed by atoms with E-state index in [1.165, 1.54) is 0 Å². The molecule has 2 rings (SSSR count). The maximum absolute atomic E-state index is 10.9. The topological polar surface area (TPSA) is 62.2 Å². The van der Waals surface area contributed by atoms with Crippen LogP contribution in [0.1, 0.15) is 20.9 Å². The number of carbonyl (C=O) groups is 1. The van der Waals surface area contributed by atoms with Crippen LogP contribution in [-0.2, 0) is 6.42 Å². The van der Waals surface area contributed by atoms with Gasteiger partial charge in [0.05, 0.1) is 10.6 Å². The van der Waals surface area contributed by atoms with E-state index >= 15 is 0 Å². The second kappa shape index (κ2) is 5.64. The highest BCUT2D eigenvalue weighted by Gasteiger charge is 2.06. The third-order valence-corrected chi connectivity index (χ3v) is 3.45. The number of aryl methyl sites for hydroxylation is 1. The summed E-state index contributed by atoms with van der Waals surface area (Å²) in [7, 11) is 0. The van der Waals surface area contributed by atoms with Crippen LogP contribution in [0.3, 0.4) is 0 Å². The minimum Gasteiger partial charge on any atom is -0.478 e. The van der Waals surface area contributed by atoms with Crippen molar-refractivity contribution in [3.63, 3.8) is 0 Å². The van der Waals surface area contributed by atoms with Crippen molar-refractivity contribution in [1.82, 2.24) is 4.98 Å². The SMILES string of the molecule is Cc1cc(NCCc2nccs2)ccc1C(=O)O. The molecule has 1 heterocycles. The van der Waals surface area contributed by atoms with Gasteiger partial charge in [0.2, 0.25) is 0 Å². The van der Waals surface area contributed by atoms with Crippen molar-refractivity contribution in [2.24, 2.45) is 0 Å². The van der Waals surface area contributed by atoms with Crippen molar-refractivity contribution >= 4 is 23.0 Å². The van der Waals surface area contributed by atoms with E-state index in [1.54, 1.807) is 36.6 Å². The Morgan fingerprint density at radius 1 is 1.50 bits per heavy atom. The van der Waals surface area contributed by atoms with Crippen molar-refractivity contribution < 1.29 is 9.90 Å². The number of hydrogen-bond donors (Lipinski definition) is 2. The number of benzene rings is 1. The van der Waals surface area contributed by atoms with E-state index in [2.05, 4.69) is 10.3 Å². The Hall–Kier alpha value is -1.88. The molecule has 2 N–H and O–H groups in total. The van der Waals surface area contributed by atoms with E-state index in [-0.39, 0.29) is 0 Å². The fourth-order valence-corrected chi connectivity index (χ4v) is 2.32. The number of nitrogens with zero attached hydrogens (tertiary/aromatic N) is 1. The number of anilines is 1. The van der Waals surface area contributed by atoms with Gasteiger partial charge in [0, 0.05) is 30.2 Å². The molecular formula is C13H14N2O2S. The molecule has 0 aliphatic carbocycles. The van der Waals surface area contributed by atoms with Gasteiger partial charge in [0.15, 0.2) is 0 Å². The van der Waals surface area contributed by atoms with E-state index < -0.39 is 5.97 Å². The lowest BCUT2D eigenvalue weighted by molar-refractivity contribution is 0.0696. The summed E-state index contributed by atoms with van der Waals surface area (Å²) in [6.07, 6.45) is 2.67. The lowest BCUT2D eigenvalue weighted by Gasteiger charge is -2.07. The van der Waals surface area contributed by atoms with Crippen molar-refractivity contribution in [2.75, 3.05) is 11.9 Å². The monoisotopic (exact) mass is 262 g/mol. The fraction of sp³-hybridized carbons (Fsp3) is 0.231. The van der Waals surface area contributed by atoms with Gasteiger partial charge in [-0.1, -0.05) is 0 Å². The van der Waals surface area contributed by atoms with Crippen LogP contribution in [0.15, 0.2) is 29.8 Å². The summed E-state index contributed by atoms with van der Waals surface area (Å²) in [4.78, 5) is 15.1. The summed E-state index contributed by atoms with van der Waals surface area (Å²) < 4.78 is 0. The van der Waals surface area contributed by atoms with Gasteiger partial charge in [0.25, 0.3) is 0 Å². The predicted octanol–water partition coefficient (Wildman–Crippen LogP) is 2.80. The number of hydrogen-bond acceptors (Lipinski definition) is 4. The highest BCUT2D eigenvalue weighted by atomic mass is 32.1. The Morgan fingerprint density at radius 3 is 2.94 bits per heavy atom. The Kier molecular flexibility index (Phi) is 3.94. The maximum Gasteiger partial charge on any atom is 0.335 e. The van der Waals surface area contributed by atoms with Gasteiger partial charge in [0.1, 0.15) is 0 Å². The standard InChI is InChI=1S/C13H14N2O2S/c1-9-8-10(2-3-11(9)13(16)17)14-5-4-12-15-6-7-18-12/h2-3,6-8,14H,4-5H2,1H3,(H,16,17). The molecule has 2 aromatic rings. The smallest absolute Gasteiger partial charge is 0.335 e. The molecule has 0 aliphatic heterocycles. The molecule has 0 radical (unpaired) electrons. The second-order valence-corrected chi connectivity index (χ2v) is 4.92. The molecule has 1 aromatic heterocycles. The Labute approximate surface area is 109 Å². The molecule has 0 bridgehead atoms. The van der Waals surface area contributed by atoms with Crippen molar-refractivity contribution in [3.05, 3.63) is 45.9 Å². The first-order valence-electron chi connectivity index (χ1n) is 5.63. The van der Waals surface area contributed by atoms with Crippen LogP contribution in [-0.4, -0.2) is 22.6 Å². The predicted molar refractivity (Wildman–Crippen MR) is 72.4 cm³/mol. The molecule has 0 aliphatic rings. The number of nitrogens with one attached hydrogen (secondary N) is 1. The van der Waals surface area contributed by atoms with Gasteiger partial charge in [-0.15, -0.1) is 11.3 Å². The number of aromatic nitrogens is 1. The fourth-order valence-electron chi connectivity index (χ4n) is 1.70. The molecule has 0 unspecified atom stereocenters. The number of carboxylic acid groups (broad SMARTS) is 1. The van der Waals surface area contributed by atoms with Crippen LogP contribution in [0, 0.1) is 6.92 Å². The average Bonchev–Trinajstić information content (AvgIpc) is 2.81. The first-order chi connectivity index (χ1) is 8.66. The first-order valence-corrected chi connectivity index (χ1v) is 6.51. The molecule has 5 heteroatoms. The largest absolute Gasteiger partial charge is 0.478 e. The van der Waals surface area contributed by atoms with Crippen LogP contribution in [0.4, 0.5) is 5.69 Å². The van der Waals surface area contributed by atoms with E-state index in [9.17, 15) is 4.79 Å². The van der Waals surface area contributed by atoms with Gasteiger partial charge in [-0.25, -0.2) is 9.78 Å². The summed E-state index contributed by atoms with van der Waals surface area (Å²) in [6, 6.07) is 5.27. The molecule has 0 spiro atoms. The van der Waals surface area contributed by atoms with Crippen molar-refractivity contribution in [2.45, 2.75) is 13.3 Å². The van der Waals surface area contributed by atoms with Gasteiger partial charge >= 0.3 is 5.97 Å². The van der Waals surface area contributed by atoms with Crippen molar-refractivity contribution in [3.8, 4) is 0 Å². The van der Waals surface area contributed by atoms with Crippen LogP contribution >= 0.6 is 11.3 Å². The minimum atomic E-state index is -0.887. The molecule has 0 atom stereocenters. The lowest BCUT2D eigenvalue weighted by Crippen LogP contribution is -2.06. The third kappa shape index (κ3) is 3.07. The van der Waals surface area contributed by atoms with Crippen LogP contribution in [0.25, 0.3) is 0 Å². The number of carboxylic acids is 1. The van der Waals surface area contributed by atoms with E-state index in [0.29, 0.717) is 5.56 Å². The van der Waals surface area contributed by atoms with Crippen LogP contribution < -0.4 is 5.32 Å². The summed E-state index contributed by atoms with van der Waals surface area (Å²) >= 11 is 1.64. The van der Waals surface area contributed by atoms with Crippen molar-refractivity contribution in [1.29, 1.82) is 0 Å². The number of rotatable bonds is 5. The van der Waals surface area contributed by atoms with Gasteiger partial charge in [-0.2, -0.15) is 0 Å². The van der Waals surface area contributed by atoms with E-state index in [4.69, 9.17) is 5.11 Å². The summed E-state index contributed by atoms with van der Waals surface area (Å²) in [5, 5.41) is 15.3. The molecule has 18 heavy (non-hydrogen) atoms. The molecule has 94 valence electrons. The zero-order valence-corrected chi connectivity index (χ0v) is 10.8. The molecule has 0 saturated carbocycles. The summed E-state index contributed by atoms with van der Waals surface area (Å²) in [5.74, 6) is -0.887. The highest BCUT2D eigenvalue weighted by Crippen LogP contribution is 2.15. The Morgan fingerprint density at radius 2 is 2.33 bits per heavy atom. The number of aromatic carboxylic acids is 1. The van der Waals surface area contributed by atoms with Crippen LogP contribution in [0.2, 0.25) is 0 Å². The summed E-state index contributed by atoms with van der Waals surface area (Å²) in [6.45, 7) is 2.59. The average molecular weight is 262 g/mol. The first kappa shape index (κ1) is 12.6. The Balaban J connectivity index is 1.94. The molecular weight excluding hydrogens is 248 g/mol. The zero-order valence-electron chi connectivity index (χ0n) is 10.0. The van der Waals surface area contributed by atoms with E-state index in [0.717, 1.165) is 29.2 Å². The molecule has 1 aromatic carbocycles. The molecule has 0 amide bonds. The highest BCUT2D eigenvalue weighted by molar-refractivity contribution is 7.09. The van der Waals surface area contributed by atoms with Gasteiger partial charge in [-0.3, -0.25) is 0 Å². The number of thiazole rings is 1. The van der Waals surface area contributed by atoms with Crippen LogP contribution in [0.5, 0.6) is 0 Å². The quantitative estimate of drug-likeness (QED) is 0.869. The normalized spacial score (nSPS) is 10.3. The lowest BCUT2D eigenvalue weighted by atomic mass is 10.1.